The summed E-state index contributed by atoms with van der Waals surface area (Å²) in [5.41, 5.74) is 2.20. The molecule has 2 heterocycles. The molecular formula is C15H16F2N4. The van der Waals surface area contributed by atoms with Crippen molar-refractivity contribution in [3.05, 3.63) is 54.2 Å². The zero-order valence-corrected chi connectivity index (χ0v) is 11.6. The van der Waals surface area contributed by atoms with Crippen molar-refractivity contribution >= 4 is 10.9 Å². The van der Waals surface area contributed by atoms with Gasteiger partial charge in [0.05, 0.1) is 6.54 Å². The molecule has 4 nitrogen and oxygen atoms in total. The molecule has 0 saturated carbocycles. The predicted octanol–water partition coefficient (Wildman–Crippen LogP) is 3.00. The molecule has 3 rings (SSSR count). The first-order chi connectivity index (χ1) is 10.2. The van der Waals surface area contributed by atoms with E-state index < -0.39 is 6.55 Å². The van der Waals surface area contributed by atoms with E-state index in [9.17, 15) is 8.78 Å². The van der Waals surface area contributed by atoms with Crippen molar-refractivity contribution in [1.82, 2.24) is 19.4 Å². The zero-order valence-electron chi connectivity index (χ0n) is 11.6. The summed E-state index contributed by atoms with van der Waals surface area (Å²) in [7, 11) is 1.90. The lowest BCUT2D eigenvalue weighted by Gasteiger charge is -2.09. The molecule has 110 valence electrons. The van der Waals surface area contributed by atoms with Crippen LogP contribution < -0.4 is 5.32 Å². The number of alkyl halides is 2. The van der Waals surface area contributed by atoms with Gasteiger partial charge in [0.15, 0.2) is 0 Å². The Labute approximate surface area is 121 Å². The maximum Gasteiger partial charge on any atom is 0.319 e. The van der Waals surface area contributed by atoms with Crippen molar-refractivity contribution in [2.75, 3.05) is 7.05 Å². The second-order valence-corrected chi connectivity index (χ2v) is 4.90. The molecule has 0 spiro atoms. The minimum absolute atomic E-state index is 0.326. The summed E-state index contributed by atoms with van der Waals surface area (Å²) in [6.45, 7) is -1.44. The fraction of sp³-hybridized carbons (Fsp3) is 0.267. The molecular weight excluding hydrogens is 274 g/mol. The summed E-state index contributed by atoms with van der Waals surface area (Å²) in [4.78, 5) is 4.02. The Morgan fingerprint density at radius 1 is 1.24 bits per heavy atom. The average molecular weight is 290 g/mol. The fourth-order valence-corrected chi connectivity index (χ4v) is 2.50. The lowest BCUT2D eigenvalue weighted by molar-refractivity contribution is 0.0667. The molecule has 0 amide bonds. The Kier molecular flexibility index (Phi) is 3.70. The van der Waals surface area contributed by atoms with E-state index in [0.717, 1.165) is 22.0 Å². The highest BCUT2D eigenvalue weighted by Crippen LogP contribution is 2.20. The highest BCUT2D eigenvalue weighted by molar-refractivity contribution is 5.80. The summed E-state index contributed by atoms with van der Waals surface area (Å²) < 4.78 is 28.5. The topological polar surface area (TPSA) is 34.8 Å². The Bertz CT molecular complexity index is 745. The molecule has 6 heteroatoms. The van der Waals surface area contributed by atoms with Crippen molar-refractivity contribution in [1.29, 1.82) is 0 Å². The van der Waals surface area contributed by atoms with Gasteiger partial charge in [-0.2, -0.15) is 8.78 Å². The SMILES string of the molecule is CNCc1ccc2c(ccn2Cc2nccn2C(F)F)c1. The Morgan fingerprint density at radius 2 is 2.10 bits per heavy atom. The first-order valence-corrected chi connectivity index (χ1v) is 6.71. The number of fused-ring (bicyclic) bond motifs is 1. The van der Waals surface area contributed by atoms with E-state index >= 15 is 0 Å². The predicted molar refractivity (Wildman–Crippen MR) is 77.3 cm³/mol. The molecule has 0 unspecified atom stereocenters. The number of hydrogen-bond donors (Lipinski definition) is 1. The summed E-state index contributed by atoms with van der Waals surface area (Å²) >= 11 is 0. The van der Waals surface area contributed by atoms with Crippen LogP contribution in [0.2, 0.25) is 0 Å². The van der Waals surface area contributed by atoms with Gasteiger partial charge in [0.25, 0.3) is 0 Å². The third-order valence-corrected chi connectivity index (χ3v) is 3.49. The number of benzene rings is 1. The largest absolute Gasteiger partial charge is 0.340 e. The van der Waals surface area contributed by atoms with Gasteiger partial charge >= 0.3 is 6.55 Å². The van der Waals surface area contributed by atoms with Crippen molar-refractivity contribution in [2.45, 2.75) is 19.6 Å². The minimum atomic E-state index is -2.56. The van der Waals surface area contributed by atoms with Gasteiger partial charge in [0.1, 0.15) is 5.82 Å². The van der Waals surface area contributed by atoms with Crippen molar-refractivity contribution < 1.29 is 8.78 Å². The minimum Gasteiger partial charge on any atom is -0.340 e. The van der Waals surface area contributed by atoms with Crippen LogP contribution in [0.4, 0.5) is 8.78 Å². The Morgan fingerprint density at radius 3 is 2.86 bits per heavy atom. The molecule has 0 atom stereocenters. The van der Waals surface area contributed by atoms with Crippen LogP contribution in [0.25, 0.3) is 10.9 Å². The van der Waals surface area contributed by atoms with Crippen molar-refractivity contribution in [2.24, 2.45) is 0 Å². The molecule has 0 saturated heterocycles. The van der Waals surface area contributed by atoms with E-state index in [4.69, 9.17) is 0 Å². The molecule has 0 fully saturated rings. The van der Waals surface area contributed by atoms with Crippen LogP contribution in [-0.2, 0) is 13.1 Å². The Hall–Kier alpha value is -2.21. The van der Waals surface area contributed by atoms with Gasteiger partial charge in [-0.3, -0.25) is 4.57 Å². The zero-order chi connectivity index (χ0) is 14.8. The fourth-order valence-electron chi connectivity index (χ4n) is 2.50. The van der Waals surface area contributed by atoms with Gasteiger partial charge in [0.2, 0.25) is 0 Å². The maximum atomic E-state index is 12.8. The second kappa shape index (κ2) is 5.65. The monoisotopic (exact) mass is 290 g/mol. The molecule has 1 aromatic carbocycles. The second-order valence-electron chi connectivity index (χ2n) is 4.90. The molecule has 0 bridgehead atoms. The van der Waals surface area contributed by atoms with E-state index in [1.165, 1.54) is 18.0 Å². The quantitative estimate of drug-likeness (QED) is 0.784. The smallest absolute Gasteiger partial charge is 0.319 e. The van der Waals surface area contributed by atoms with Crippen LogP contribution in [-0.4, -0.2) is 21.2 Å². The summed E-state index contributed by atoms with van der Waals surface area (Å²) in [5, 5.41) is 4.20. The van der Waals surface area contributed by atoms with Crippen LogP contribution in [0.3, 0.4) is 0 Å². The van der Waals surface area contributed by atoms with Crippen LogP contribution in [0, 0.1) is 0 Å². The van der Waals surface area contributed by atoms with Gasteiger partial charge in [-0.05, 0) is 36.2 Å². The van der Waals surface area contributed by atoms with Crippen LogP contribution >= 0.6 is 0 Å². The molecule has 3 aromatic rings. The standard InChI is InChI=1S/C15H16F2N4/c1-18-9-11-2-3-13-12(8-11)4-6-20(13)10-14-19-5-7-21(14)15(16)17/h2-8,15,18H,9-10H2,1H3. The number of nitrogens with one attached hydrogen (secondary N) is 1. The van der Waals surface area contributed by atoms with Gasteiger partial charge in [0, 0.05) is 30.7 Å². The highest BCUT2D eigenvalue weighted by atomic mass is 19.3. The van der Waals surface area contributed by atoms with Crippen LogP contribution in [0.5, 0.6) is 0 Å². The van der Waals surface area contributed by atoms with E-state index in [2.05, 4.69) is 16.4 Å². The summed E-state index contributed by atoms with van der Waals surface area (Å²) in [6.07, 6.45) is 4.60. The number of halogens is 2. The molecule has 0 aliphatic rings. The van der Waals surface area contributed by atoms with E-state index in [1.807, 2.05) is 36.0 Å². The highest BCUT2D eigenvalue weighted by Gasteiger charge is 2.12. The lowest BCUT2D eigenvalue weighted by atomic mass is 10.1. The Balaban J connectivity index is 1.92. The van der Waals surface area contributed by atoms with E-state index in [-0.39, 0.29) is 0 Å². The van der Waals surface area contributed by atoms with E-state index in [0.29, 0.717) is 12.4 Å². The van der Waals surface area contributed by atoms with Gasteiger partial charge in [-0.15, -0.1) is 0 Å². The summed E-state index contributed by atoms with van der Waals surface area (Å²) in [5.74, 6) is 0.349. The molecule has 1 N–H and O–H groups in total. The third-order valence-electron chi connectivity index (χ3n) is 3.49. The maximum absolute atomic E-state index is 12.8. The van der Waals surface area contributed by atoms with Gasteiger partial charge in [-0.1, -0.05) is 6.07 Å². The van der Waals surface area contributed by atoms with Crippen LogP contribution in [0.1, 0.15) is 17.9 Å². The lowest BCUT2D eigenvalue weighted by Crippen LogP contribution is -2.08. The van der Waals surface area contributed by atoms with Gasteiger partial charge < -0.3 is 9.88 Å². The molecule has 0 radical (unpaired) electrons. The molecule has 2 aromatic heterocycles. The summed E-state index contributed by atoms with van der Waals surface area (Å²) in [6, 6.07) is 8.14. The van der Waals surface area contributed by atoms with Gasteiger partial charge in [-0.25, -0.2) is 4.98 Å². The number of nitrogens with zero attached hydrogens (tertiary/aromatic N) is 3. The van der Waals surface area contributed by atoms with Crippen molar-refractivity contribution in [3.8, 4) is 0 Å². The number of hydrogen-bond acceptors (Lipinski definition) is 2. The third kappa shape index (κ3) is 2.67. The normalized spacial score (nSPS) is 11.6. The van der Waals surface area contributed by atoms with Crippen LogP contribution in [0.15, 0.2) is 42.9 Å². The number of aromatic nitrogens is 3. The van der Waals surface area contributed by atoms with Crippen molar-refractivity contribution in [3.63, 3.8) is 0 Å². The molecule has 0 aliphatic carbocycles. The first kappa shape index (κ1) is 13.8. The molecule has 0 aliphatic heterocycles. The number of imidazole rings is 1. The number of rotatable bonds is 5. The first-order valence-electron chi connectivity index (χ1n) is 6.71. The van der Waals surface area contributed by atoms with E-state index in [1.54, 1.807) is 0 Å². The molecule has 21 heavy (non-hydrogen) atoms. The average Bonchev–Trinajstić information content (AvgIpc) is 3.07.